The Morgan fingerprint density at radius 2 is 1.65 bits per heavy atom. The van der Waals surface area contributed by atoms with Crippen LogP contribution in [0.3, 0.4) is 0 Å². The molecule has 362 valence electrons. The predicted octanol–water partition coefficient (Wildman–Crippen LogP) is 3.53. The zero-order valence-electron chi connectivity index (χ0n) is 39.9. The number of hydrogen-bond donors (Lipinski definition) is 5. The van der Waals surface area contributed by atoms with Gasteiger partial charge < -0.3 is 58.9 Å². The standard InChI is InChI=1S/C50H68N2O14/c1-26(2)12-11-17-47(8)18-16-30-39(64-47)29(14-13-27(3)4)41-33(40(30)63-44-38(57)37(56)35(54)31(25-53)62-44)36(55)34-42(52-20-22-61-23-21-52)48(51-9)24-32-46(6,7)66-49(45(48)59,50(32,34)65-41)19-15-28(5)43(58)60-10/h12-13,15-16,18,31-32,34-35,37-38,42,44,51,53-54,56-57H,11,14,17,19-25H2,1-10H3/t31-,32?,34?,35-,37-,38-,42?,44+,47?,48?,49?,50?/m1/s1. The number of likely N-dealkylation sites (N-methyl/N-ethyl adjacent to an activating group) is 1. The monoisotopic (exact) mass is 920 g/mol. The van der Waals surface area contributed by atoms with Crippen molar-refractivity contribution < 1.29 is 68.0 Å². The van der Waals surface area contributed by atoms with Crippen molar-refractivity contribution in [3.8, 4) is 17.2 Å². The average Bonchev–Trinajstić information content (AvgIpc) is 3.43. The van der Waals surface area contributed by atoms with Crippen LogP contribution < -0.4 is 19.5 Å². The van der Waals surface area contributed by atoms with E-state index in [1.54, 1.807) is 20.0 Å². The molecule has 3 saturated carbocycles. The van der Waals surface area contributed by atoms with Crippen LogP contribution in [0.1, 0.15) is 103 Å². The molecule has 4 bridgehead atoms. The molecule has 7 unspecified atom stereocenters. The molecule has 5 N–H and O–H groups in total. The Morgan fingerprint density at radius 1 is 0.955 bits per heavy atom. The van der Waals surface area contributed by atoms with Crippen molar-refractivity contribution >= 4 is 23.6 Å². The molecule has 1 aromatic rings. The fourth-order valence-electron chi connectivity index (χ4n) is 12.1. The molecule has 6 fully saturated rings. The number of esters is 1. The van der Waals surface area contributed by atoms with Crippen molar-refractivity contribution in [2.45, 2.75) is 152 Å². The number of aliphatic hydroxyl groups is 4. The van der Waals surface area contributed by atoms with E-state index in [0.717, 1.165) is 11.1 Å². The van der Waals surface area contributed by atoms with Gasteiger partial charge in [-0.2, -0.15) is 0 Å². The van der Waals surface area contributed by atoms with Crippen LogP contribution in [-0.2, 0) is 35.0 Å². The molecule has 9 rings (SSSR count). The van der Waals surface area contributed by atoms with Crippen molar-refractivity contribution in [2.24, 2.45) is 11.8 Å². The molecular formula is C50H68N2O14. The zero-order chi connectivity index (χ0) is 47.9. The Morgan fingerprint density at radius 3 is 2.29 bits per heavy atom. The lowest BCUT2D eigenvalue weighted by molar-refractivity contribution is -0.277. The number of Topliss-reactive ketones (excluding diaryl/α,β-unsaturated/α-hetero) is 2. The van der Waals surface area contributed by atoms with E-state index in [9.17, 15) is 25.2 Å². The van der Waals surface area contributed by atoms with Crippen LogP contribution in [0, 0.1) is 11.8 Å². The molecule has 3 aliphatic carbocycles. The zero-order valence-corrected chi connectivity index (χ0v) is 39.9. The molecule has 1 spiro atoms. The lowest BCUT2D eigenvalue weighted by Gasteiger charge is -2.68. The van der Waals surface area contributed by atoms with E-state index >= 15 is 9.59 Å². The SMILES string of the molecule is CNC12CC3C(C)(C)OC(CC=C(C)C(=O)OC)(C1=O)C31Oc3c(CC=C(C)C)c4c(c(O[C@@H]5O[C@H](CO)[C@@H](O)[C@@H](O)[C@H]5O)c3C(=O)C1C2N1CCOCC1)C=CC(C)(CCC=C(C)C)O4. The number of nitrogens with zero attached hydrogens (tertiary/aromatic N) is 1. The first kappa shape index (κ1) is 48.5. The van der Waals surface area contributed by atoms with Crippen LogP contribution >= 0.6 is 0 Å². The summed E-state index contributed by atoms with van der Waals surface area (Å²) in [7, 11) is 3.02. The molecule has 66 heavy (non-hydrogen) atoms. The third-order valence-electron chi connectivity index (χ3n) is 15.3. The summed E-state index contributed by atoms with van der Waals surface area (Å²) >= 11 is 0. The lowest BCUT2D eigenvalue weighted by Crippen LogP contribution is -2.90. The normalized spacial score (nSPS) is 37.5. The molecule has 5 aliphatic heterocycles. The molecule has 0 aromatic heterocycles. The summed E-state index contributed by atoms with van der Waals surface area (Å²) in [5.41, 5.74) is -3.41. The fourth-order valence-corrected chi connectivity index (χ4v) is 12.1. The highest BCUT2D eigenvalue weighted by Crippen LogP contribution is 2.72. The minimum Gasteiger partial charge on any atom is -0.482 e. The first-order valence-corrected chi connectivity index (χ1v) is 23.3. The number of methoxy groups -OCH3 is 1. The van der Waals surface area contributed by atoms with Crippen molar-refractivity contribution in [2.75, 3.05) is 47.1 Å². The summed E-state index contributed by atoms with van der Waals surface area (Å²) in [6.45, 7) is 16.3. The molecule has 3 saturated heterocycles. The third-order valence-corrected chi connectivity index (χ3v) is 15.3. The molecule has 8 aliphatic rings. The number of carbonyl (C=O) groups is 3. The summed E-state index contributed by atoms with van der Waals surface area (Å²) in [4.78, 5) is 47.8. The quantitative estimate of drug-likeness (QED) is 0.109. The van der Waals surface area contributed by atoms with Crippen molar-refractivity contribution in [3.63, 3.8) is 0 Å². The maximum atomic E-state index is 16.7. The minimum absolute atomic E-state index is 0.0260. The van der Waals surface area contributed by atoms with Crippen LogP contribution in [0.4, 0.5) is 0 Å². The molecular weight excluding hydrogens is 853 g/mol. The first-order chi connectivity index (χ1) is 31.2. The number of ketones is 2. The van der Waals surface area contributed by atoms with Crippen molar-refractivity contribution in [1.29, 1.82) is 0 Å². The maximum Gasteiger partial charge on any atom is 0.333 e. The Bertz CT molecular complexity index is 2250. The summed E-state index contributed by atoms with van der Waals surface area (Å²) in [5, 5.41) is 46.9. The topological polar surface area (TPSA) is 212 Å². The highest BCUT2D eigenvalue weighted by Gasteiger charge is 2.89. The number of carbonyl (C=O) groups excluding carboxylic acids is 3. The number of benzene rings is 1. The number of allylic oxidation sites excluding steroid dienone is 4. The van der Waals surface area contributed by atoms with Gasteiger partial charge in [0.1, 0.15) is 52.8 Å². The van der Waals surface area contributed by atoms with E-state index < -0.39 is 94.9 Å². The van der Waals surface area contributed by atoms with Crippen molar-refractivity contribution in [3.05, 3.63) is 57.7 Å². The number of morpholine rings is 1. The number of fused-ring (bicyclic) bond motifs is 2. The van der Waals surface area contributed by atoms with E-state index in [1.165, 1.54) is 7.11 Å². The molecule has 0 amide bonds. The van der Waals surface area contributed by atoms with Gasteiger partial charge in [0.2, 0.25) is 6.29 Å². The van der Waals surface area contributed by atoms with Crippen LogP contribution in [0.2, 0.25) is 0 Å². The predicted molar refractivity (Wildman–Crippen MR) is 241 cm³/mol. The summed E-state index contributed by atoms with van der Waals surface area (Å²) in [6.07, 6.45) is 2.97. The third kappa shape index (κ3) is 7.32. The molecule has 5 heterocycles. The van der Waals surface area contributed by atoms with Crippen LogP contribution in [-0.4, -0.2) is 155 Å². The Labute approximate surface area is 386 Å². The molecule has 12 atom stereocenters. The molecule has 16 nitrogen and oxygen atoms in total. The van der Waals surface area contributed by atoms with Gasteiger partial charge >= 0.3 is 5.97 Å². The molecule has 16 heteroatoms. The van der Waals surface area contributed by atoms with Gasteiger partial charge in [-0.05, 0) is 100 Å². The lowest BCUT2D eigenvalue weighted by atomic mass is 9.42. The van der Waals surface area contributed by atoms with Gasteiger partial charge in [0.05, 0.1) is 49.6 Å². The van der Waals surface area contributed by atoms with Gasteiger partial charge in [-0.15, -0.1) is 0 Å². The van der Waals surface area contributed by atoms with E-state index in [-0.39, 0.29) is 47.7 Å². The van der Waals surface area contributed by atoms with E-state index in [2.05, 4.69) is 16.3 Å². The smallest absolute Gasteiger partial charge is 0.333 e. The summed E-state index contributed by atoms with van der Waals surface area (Å²) in [6, 6.07) is -0.783. The fraction of sp³-hybridized carbons (Fsp3) is 0.660. The van der Waals surface area contributed by atoms with Gasteiger partial charge in [-0.1, -0.05) is 29.4 Å². The minimum atomic E-state index is -1.82. The van der Waals surface area contributed by atoms with Crippen LogP contribution in [0.25, 0.3) is 6.08 Å². The van der Waals surface area contributed by atoms with Gasteiger partial charge in [0.15, 0.2) is 22.8 Å². The van der Waals surface area contributed by atoms with Crippen LogP contribution in [0.5, 0.6) is 17.2 Å². The van der Waals surface area contributed by atoms with Gasteiger partial charge in [0, 0.05) is 42.6 Å². The highest BCUT2D eigenvalue weighted by atomic mass is 16.7. The Hall–Kier alpha value is -3.97. The summed E-state index contributed by atoms with van der Waals surface area (Å²) < 4.78 is 45.6. The number of ether oxygens (including phenoxy) is 7. The number of aliphatic hydroxyl groups excluding tert-OH is 4. The van der Waals surface area contributed by atoms with Gasteiger partial charge in [-0.3, -0.25) is 14.5 Å². The van der Waals surface area contributed by atoms with E-state index in [0.29, 0.717) is 56.0 Å². The average molecular weight is 921 g/mol. The molecule has 1 aromatic carbocycles. The van der Waals surface area contributed by atoms with Gasteiger partial charge in [-0.25, -0.2) is 4.79 Å². The van der Waals surface area contributed by atoms with E-state index in [4.69, 9.17) is 33.2 Å². The van der Waals surface area contributed by atoms with Crippen LogP contribution in [0.15, 0.2) is 41.0 Å². The van der Waals surface area contributed by atoms with Gasteiger partial charge in [0.25, 0.3) is 0 Å². The number of rotatable bonds is 13. The Kier molecular flexibility index (Phi) is 12.9. The second-order valence-electron chi connectivity index (χ2n) is 20.4. The molecule has 0 radical (unpaired) electrons. The highest BCUT2D eigenvalue weighted by molar-refractivity contribution is 6.12. The maximum absolute atomic E-state index is 16.7. The van der Waals surface area contributed by atoms with Crippen molar-refractivity contribution in [1.82, 2.24) is 10.2 Å². The number of nitrogens with one attached hydrogen (secondary N) is 1. The largest absolute Gasteiger partial charge is 0.482 e. The second-order valence-corrected chi connectivity index (χ2v) is 20.4. The van der Waals surface area contributed by atoms with E-state index in [1.807, 2.05) is 66.7 Å². The summed E-state index contributed by atoms with van der Waals surface area (Å²) in [5.74, 6) is -2.53. The number of hydrogen-bond acceptors (Lipinski definition) is 16. The first-order valence-electron chi connectivity index (χ1n) is 23.3. The Balaban J connectivity index is 1.45. The second kappa shape index (κ2) is 17.5.